The van der Waals surface area contributed by atoms with Crippen molar-refractivity contribution in [3.63, 3.8) is 0 Å². The van der Waals surface area contributed by atoms with Crippen molar-refractivity contribution in [3.05, 3.63) is 101 Å². The molecule has 5 nitrogen and oxygen atoms in total. The van der Waals surface area contributed by atoms with Crippen molar-refractivity contribution in [2.45, 2.75) is 6.92 Å². The number of carbonyl (C=O) groups is 2. The topological polar surface area (TPSA) is 64.3 Å². The number of anilines is 1. The summed E-state index contributed by atoms with van der Waals surface area (Å²) in [6.07, 6.45) is 1.29. The molecule has 0 radical (unpaired) electrons. The second kappa shape index (κ2) is 6.97. The Morgan fingerprint density at radius 3 is 1.80 bits per heavy atom. The van der Waals surface area contributed by atoms with E-state index in [2.05, 4.69) is 0 Å². The van der Waals surface area contributed by atoms with E-state index in [1.54, 1.807) is 73.7 Å². The molecule has 3 aromatic rings. The van der Waals surface area contributed by atoms with Gasteiger partial charge in [0.25, 0.3) is 5.82 Å². The summed E-state index contributed by atoms with van der Waals surface area (Å²) in [4.78, 5) is 26.9. The standard InChI is InChI=1S/C20H16N2O3/c1-15-12-13-21(25)18(14-15)22(19(23)16-8-4-2-5-9-16)20(24)17-10-6-3-7-11-17/h2-14H,1H3. The lowest BCUT2D eigenvalue weighted by molar-refractivity contribution is -0.591. The van der Waals surface area contributed by atoms with Crippen LogP contribution < -0.4 is 9.63 Å². The SMILES string of the molecule is Cc1cc[n+]([O-])c(N(C(=O)c2ccccc2)C(=O)c2ccccc2)c1. The van der Waals surface area contributed by atoms with Crippen LogP contribution in [0.3, 0.4) is 0 Å². The van der Waals surface area contributed by atoms with Crippen molar-refractivity contribution in [1.82, 2.24) is 0 Å². The van der Waals surface area contributed by atoms with Crippen molar-refractivity contribution >= 4 is 17.6 Å². The van der Waals surface area contributed by atoms with E-state index in [9.17, 15) is 14.8 Å². The van der Waals surface area contributed by atoms with Gasteiger partial charge in [0.2, 0.25) is 0 Å². The maximum atomic E-state index is 13.0. The number of benzene rings is 2. The van der Waals surface area contributed by atoms with E-state index in [1.165, 1.54) is 12.3 Å². The minimum atomic E-state index is -0.551. The highest BCUT2D eigenvalue weighted by molar-refractivity contribution is 6.25. The van der Waals surface area contributed by atoms with E-state index >= 15 is 0 Å². The number of imide groups is 1. The third kappa shape index (κ3) is 3.40. The summed E-state index contributed by atoms with van der Waals surface area (Å²) in [5.41, 5.74) is 1.43. The average molecular weight is 332 g/mol. The molecule has 2 aromatic carbocycles. The zero-order valence-electron chi connectivity index (χ0n) is 13.6. The Kier molecular flexibility index (Phi) is 4.57. The van der Waals surface area contributed by atoms with Gasteiger partial charge in [-0.05, 0) is 42.8 Å². The van der Waals surface area contributed by atoms with Gasteiger partial charge < -0.3 is 5.21 Å². The normalized spacial score (nSPS) is 10.3. The summed E-state index contributed by atoms with van der Waals surface area (Å²) >= 11 is 0. The summed E-state index contributed by atoms with van der Waals surface area (Å²) in [5, 5.41) is 12.3. The molecule has 0 atom stereocenters. The van der Waals surface area contributed by atoms with Gasteiger partial charge in [-0.25, -0.2) is 14.3 Å². The number of aryl methyl sites for hydroxylation is 1. The van der Waals surface area contributed by atoms with Crippen molar-refractivity contribution in [2.75, 3.05) is 4.90 Å². The summed E-state index contributed by atoms with van der Waals surface area (Å²) < 4.78 is 0.522. The van der Waals surface area contributed by atoms with E-state index in [0.29, 0.717) is 15.9 Å². The molecule has 0 fully saturated rings. The van der Waals surface area contributed by atoms with Gasteiger partial charge in [-0.15, -0.1) is 4.90 Å². The zero-order valence-corrected chi connectivity index (χ0v) is 13.6. The zero-order chi connectivity index (χ0) is 17.8. The number of hydrogen-bond donors (Lipinski definition) is 0. The molecule has 5 heteroatoms. The van der Waals surface area contributed by atoms with Crippen LogP contribution in [0.5, 0.6) is 0 Å². The second-order valence-corrected chi connectivity index (χ2v) is 5.57. The van der Waals surface area contributed by atoms with Gasteiger partial charge in [0.05, 0.1) is 17.3 Å². The molecular weight excluding hydrogens is 316 g/mol. The number of aromatic nitrogens is 1. The van der Waals surface area contributed by atoms with Crippen molar-refractivity contribution in [1.29, 1.82) is 0 Å². The van der Waals surface area contributed by atoms with Crippen LogP contribution in [0.1, 0.15) is 26.3 Å². The third-order valence-corrected chi connectivity index (χ3v) is 3.73. The van der Waals surface area contributed by atoms with Crippen LogP contribution in [0, 0.1) is 12.1 Å². The number of pyridine rings is 1. The molecule has 0 aliphatic rings. The fourth-order valence-corrected chi connectivity index (χ4v) is 2.46. The van der Waals surface area contributed by atoms with E-state index in [1.807, 2.05) is 0 Å². The molecule has 0 aliphatic carbocycles. The third-order valence-electron chi connectivity index (χ3n) is 3.73. The molecule has 0 saturated heterocycles. The van der Waals surface area contributed by atoms with Gasteiger partial charge in [0, 0.05) is 6.07 Å². The summed E-state index contributed by atoms with van der Waals surface area (Å²) in [5.74, 6) is -1.13. The smallest absolute Gasteiger partial charge is 0.349 e. The van der Waals surface area contributed by atoms with Gasteiger partial charge in [0.1, 0.15) is 0 Å². The Morgan fingerprint density at radius 2 is 1.32 bits per heavy atom. The Bertz CT molecular complexity index is 857. The first-order chi connectivity index (χ1) is 12.1. The lowest BCUT2D eigenvalue weighted by Gasteiger charge is -2.18. The first-order valence-corrected chi connectivity index (χ1v) is 7.76. The molecule has 3 rings (SSSR count). The molecule has 0 N–H and O–H groups in total. The number of amides is 2. The van der Waals surface area contributed by atoms with Crippen LogP contribution >= 0.6 is 0 Å². The monoisotopic (exact) mass is 332 g/mol. The molecule has 0 saturated carbocycles. The first kappa shape index (κ1) is 16.4. The lowest BCUT2D eigenvalue weighted by atomic mass is 10.1. The highest BCUT2D eigenvalue weighted by Gasteiger charge is 2.35. The average Bonchev–Trinajstić information content (AvgIpc) is 2.66. The summed E-state index contributed by atoms with van der Waals surface area (Å²) in [6.45, 7) is 1.79. The quantitative estimate of drug-likeness (QED) is 0.420. The first-order valence-electron chi connectivity index (χ1n) is 7.76. The number of carbonyl (C=O) groups excluding carboxylic acids is 2. The van der Waals surface area contributed by atoms with Crippen molar-refractivity contribution < 1.29 is 14.3 Å². The molecule has 0 spiro atoms. The molecule has 2 amide bonds. The minimum Gasteiger partial charge on any atom is -0.711 e. The number of nitrogens with zero attached hydrogens (tertiary/aromatic N) is 2. The highest BCUT2D eigenvalue weighted by Crippen LogP contribution is 2.18. The lowest BCUT2D eigenvalue weighted by Crippen LogP contribution is -2.45. The van der Waals surface area contributed by atoms with Gasteiger partial charge in [-0.1, -0.05) is 36.4 Å². The summed E-state index contributed by atoms with van der Waals surface area (Å²) in [7, 11) is 0. The molecule has 124 valence electrons. The fraction of sp³-hybridized carbons (Fsp3) is 0.0500. The maximum absolute atomic E-state index is 13.0. The van der Waals surface area contributed by atoms with Gasteiger partial charge in [-0.2, -0.15) is 0 Å². The minimum absolute atomic E-state index is 0.0253. The Hall–Kier alpha value is -3.47. The van der Waals surface area contributed by atoms with Crippen LogP contribution in [-0.4, -0.2) is 11.8 Å². The number of hydrogen-bond acceptors (Lipinski definition) is 3. The van der Waals surface area contributed by atoms with Crippen LogP contribution in [0.25, 0.3) is 0 Å². The highest BCUT2D eigenvalue weighted by atomic mass is 16.5. The maximum Gasteiger partial charge on any atom is 0.349 e. The van der Waals surface area contributed by atoms with E-state index < -0.39 is 11.8 Å². The van der Waals surface area contributed by atoms with Gasteiger partial charge >= 0.3 is 11.8 Å². The Labute approximate surface area is 145 Å². The molecule has 0 aliphatic heterocycles. The van der Waals surface area contributed by atoms with Crippen LogP contribution in [-0.2, 0) is 0 Å². The van der Waals surface area contributed by atoms with Crippen LogP contribution in [0.2, 0.25) is 0 Å². The Morgan fingerprint density at radius 1 is 0.840 bits per heavy atom. The summed E-state index contributed by atoms with van der Waals surface area (Å²) in [6, 6.07) is 20.0. The number of rotatable bonds is 3. The second-order valence-electron chi connectivity index (χ2n) is 5.57. The molecule has 25 heavy (non-hydrogen) atoms. The molecule has 0 bridgehead atoms. The van der Waals surface area contributed by atoms with Crippen molar-refractivity contribution in [3.8, 4) is 0 Å². The van der Waals surface area contributed by atoms with E-state index in [4.69, 9.17) is 0 Å². The van der Waals surface area contributed by atoms with Crippen LogP contribution in [0.15, 0.2) is 79.0 Å². The largest absolute Gasteiger partial charge is 0.711 e. The predicted octanol–water partition coefficient (Wildman–Crippen LogP) is 3.12. The van der Waals surface area contributed by atoms with E-state index in [-0.39, 0.29) is 5.82 Å². The predicted molar refractivity (Wildman–Crippen MR) is 94.2 cm³/mol. The molecule has 1 heterocycles. The van der Waals surface area contributed by atoms with Gasteiger partial charge in [-0.3, -0.25) is 0 Å². The van der Waals surface area contributed by atoms with E-state index in [0.717, 1.165) is 10.5 Å². The van der Waals surface area contributed by atoms with Crippen LogP contribution in [0.4, 0.5) is 5.82 Å². The van der Waals surface area contributed by atoms with Crippen molar-refractivity contribution in [2.24, 2.45) is 0 Å². The Balaban J connectivity index is 2.13. The molecule has 0 unspecified atom stereocenters. The molecular formula is C20H16N2O3. The van der Waals surface area contributed by atoms with Gasteiger partial charge in [0.15, 0.2) is 0 Å². The molecule has 1 aromatic heterocycles. The fourth-order valence-electron chi connectivity index (χ4n) is 2.46.